The second-order valence-electron chi connectivity index (χ2n) is 9.10. The molecule has 0 aromatic heterocycles. The van der Waals surface area contributed by atoms with Gasteiger partial charge < -0.3 is 18.9 Å². The van der Waals surface area contributed by atoms with Crippen LogP contribution in [0.3, 0.4) is 0 Å². The lowest BCUT2D eigenvalue weighted by molar-refractivity contribution is -0.111. The van der Waals surface area contributed by atoms with Crippen LogP contribution in [0.15, 0.2) is 24.3 Å². The van der Waals surface area contributed by atoms with Crippen LogP contribution >= 0.6 is 0 Å². The minimum absolute atomic E-state index is 0.0411. The second kappa shape index (κ2) is 10.1. The molecule has 6 nitrogen and oxygen atoms in total. The van der Waals surface area contributed by atoms with Gasteiger partial charge in [-0.05, 0) is 49.9 Å². The fourth-order valence-electron chi connectivity index (χ4n) is 5.46. The van der Waals surface area contributed by atoms with Gasteiger partial charge in [0.05, 0.1) is 38.5 Å². The minimum atomic E-state index is -0.0411. The quantitative estimate of drug-likeness (QED) is 0.710. The van der Waals surface area contributed by atoms with Gasteiger partial charge in [0.15, 0.2) is 12.6 Å². The summed E-state index contributed by atoms with van der Waals surface area (Å²) in [5.74, 6) is 0. The maximum atomic E-state index is 5.83. The van der Waals surface area contributed by atoms with Gasteiger partial charge in [-0.15, -0.1) is 0 Å². The van der Waals surface area contributed by atoms with Crippen molar-refractivity contribution in [1.29, 1.82) is 0 Å². The predicted octanol–water partition coefficient (Wildman–Crippen LogP) is 3.14. The van der Waals surface area contributed by atoms with Crippen molar-refractivity contribution < 1.29 is 18.9 Å². The first-order chi connectivity index (χ1) is 14.9. The molecule has 6 heteroatoms. The van der Waals surface area contributed by atoms with Crippen molar-refractivity contribution in [2.24, 2.45) is 0 Å². The Bertz CT molecular complexity index is 601. The van der Waals surface area contributed by atoms with Gasteiger partial charge in [-0.3, -0.25) is 9.80 Å². The number of benzene rings is 1. The molecule has 4 aliphatic heterocycles. The highest BCUT2D eigenvalue weighted by Crippen LogP contribution is 2.28. The summed E-state index contributed by atoms with van der Waals surface area (Å²) in [7, 11) is 0. The van der Waals surface area contributed by atoms with E-state index in [-0.39, 0.29) is 12.6 Å². The van der Waals surface area contributed by atoms with E-state index in [0.29, 0.717) is 12.1 Å². The molecule has 4 aliphatic rings. The minimum Gasteiger partial charge on any atom is -0.349 e. The molecule has 4 fully saturated rings. The van der Waals surface area contributed by atoms with Gasteiger partial charge in [-0.1, -0.05) is 37.1 Å². The molecule has 30 heavy (non-hydrogen) atoms. The molecule has 166 valence electrons. The van der Waals surface area contributed by atoms with E-state index < -0.39 is 0 Å². The third kappa shape index (κ3) is 4.90. The van der Waals surface area contributed by atoms with E-state index in [1.165, 1.54) is 49.7 Å². The van der Waals surface area contributed by atoms with E-state index in [2.05, 4.69) is 34.1 Å². The van der Waals surface area contributed by atoms with Crippen LogP contribution in [0.4, 0.5) is 0 Å². The molecule has 0 amide bonds. The number of likely N-dealkylation sites (tertiary alicyclic amines) is 2. The Morgan fingerprint density at radius 3 is 1.40 bits per heavy atom. The Morgan fingerprint density at radius 1 is 0.600 bits per heavy atom. The van der Waals surface area contributed by atoms with Crippen LogP contribution in [0.25, 0.3) is 0 Å². The zero-order chi connectivity index (χ0) is 20.2. The molecular formula is C24H36N2O4. The summed E-state index contributed by atoms with van der Waals surface area (Å²) in [6.45, 7) is 7.15. The lowest BCUT2D eigenvalue weighted by atomic mass is 9.99. The molecule has 4 saturated heterocycles. The molecule has 0 bridgehead atoms. The summed E-state index contributed by atoms with van der Waals surface area (Å²) < 4.78 is 23.3. The molecule has 0 radical (unpaired) electrons. The van der Waals surface area contributed by atoms with E-state index in [9.17, 15) is 0 Å². The van der Waals surface area contributed by atoms with Gasteiger partial charge >= 0.3 is 0 Å². The van der Waals surface area contributed by atoms with E-state index in [1.807, 2.05) is 0 Å². The van der Waals surface area contributed by atoms with Gasteiger partial charge in [0.2, 0.25) is 0 Å². The third-order valence-corrected chi connectivity index (χ3v) is 7.05. The molecule has 2 unspecified atom stereocenters. The van der Waals surface area contributed by atoms with Gasteiger partial charge in [-0.2, -0.15) is 0 Å². The Kier molecular flexibility index (Phi) is 7.00. The van der Waals surface area contributed by atoms with Gasteiger partial charge in [-0.25, -0.2) is 0 Å². The Labute approximate surface area is 180 Å². The molecule has 0 aliphatic carbocycles. The number of nitrogens with zero attached hydrogens (tertiary/aromatic N) is 2. The number of hydrogen-bond donors (Lipinski definition) is 0. The highest BCUT2D eigenvalue weighted by atomic mass is 16.7. The first-order valence-electron chi connectivity index (χ1n) is 11.9. The van der Waals surface area contributed by atoms with Gasteiger partial charge in [0, 0.05) is 13.1 Å². The van der Waals surface area contributed by atoms with Gasteiger partial charge in [0.1, 0.15) is 0 Å². The van der Waals surface area contributed by atoms with Gasteiger partial charge in [0.25, 0.3) is 0 Å². The number of hydrogen-bond acceptors (Lipinski definition) is 6. The maximum Gasteiger partial charge on any atom is 0.173 e. The number of ether oxygens (including phenoxy) is 4. The molecule has 5 rings (SSSR count). The van der Waals surface area contributed by atoms with Crippen molar-refractivity contribution in [2.75, 3.05) is 39.5 Å². The van der Waals surface area contributed by atoms with Crippen LogP contribution in [0.1, 0.15) is 49.7 Å². The lowest BCUT2D eigenvalue weighted by Gasteiger charge is -2.38. The Balaban J connectivity index is 1.19. The summed E-state index contributed by atoms with van der Waals surface area (Å²) in [6.07, 6.45) is 7.34. The summed E-state index contributed by atoms with van der Waals surface area (Å²) in [4.78, 5) is 5.12. The van der Waals surface area contributed by atoms with Crippen LogP contribution < -0.4 is 0 Å². The fraction of sp³-hybridized carbons (Fsp3) is 0.750. The average Bonchev–Trinajstić information content (AvgIpc) is 3.51. The largest absolute Gasteiger partial charge is 0.349 e. The highest BCUT2D eigenvalue weighted by Gasteiger charge is 2.34. The zero-order valence-electron chi connectivity index (χ0n) is 18.0. The van der Waals surface area contributed by atoms with Crippen molar-refractivity contribution in [1.82, 2.24) is 9.80 Å². The topological polar surface area (TPSA) is 43.4 Å². The Morgan fingerprint density at radius 2 is 1.00 bits per heavy atom. The standard InChI is InChI=1S/C24H36N2O4/c1-3-11-25(21(5-1)23-27-13-14-28-23)17-19-7-9-20(10-8-19)18-26-12-4-2-6-22(26)24-29-15-16-30-24/h7-10,21-24H,1-6,11-18H2. The molecule has 0 N–H and O–H groups in total. The Hall–Kier alpha value is -1.02. The molecule has 1 aromatic carbocycles. The zero-order valence-corrected chi connectivity index (χ0v) is 18.0. The number of rotatable bonds is 6. The average molecular weight is 417 g/mol. The van der Waals surface area contributed by atoms with Crippen molar-refractivity contribution in [2.45, 2.75) is 76.3 Å². The molecule has 0 spiro atoms. The van der Waals surface area contributed by atoms with Crippen LogP contribution in [0, 0.1) is 0 Å². The third-order valence-electron chi connectivity index (χ3n) is 7.05. The van der Waals surface area contributed by atoms with E-state index >= 15 is 0 Å². The monoisotopic (exact) mass is 416 g/mol. The van der Waals surface area contributed by atoms with E-state index in [1.54, 1.807) is 0 Å². The van der Waals surface area contributed by atoms with Crippen molar-refractivity contribution in [3.8, 4) is 0 Å². The van der Waals surface area contributed by atoms with Crippen LogP contribution in [0.5, 0.6) is 0 Å². The predicted molar refractivity (Wildman–Crippen MR) is 114 cm³/mol. The molecule has 4 heterocycles. The van der Waals surface area contributed by atoms with Crippen LogP contribution in [-0.2, 0) is 32.0 Å². The van der Waals surface area contributed by atoms with Crippen LogP contribution in [0.2, 0.25) is 0 Å². The molecule has 2 atom stereocenters. The summed E-state index contributed by atoms with van der Waals surface area (Å²) in [6, 6.07) is 10.00. The normalized spacial score (nSPS) is 30.3. The molecule has 0 saturated carbocycles. The lowest BCUT2D eigenvalue weighted by Crippen LogP contribution is -2.47. The SMILES string of the molecule is c1cc(CN2CCCCC2C2OCCO2)ccc1CN1CCCCC1C1OCCO1. The summed E-state index contributed by atoms with van der Waals surface area (Å²) >= 11 is 0. The smallest absolute Gasteiger partial charge is 0.173 e. The summed E-state index contributed by atoms with van der Waals surface area (Å²) in [5.41, 5.74) is 2.75. The van der Waals surface area contributed by atoms with Crippen molar-refractivity contribution >= 4 is 0 Å². The fourth-order valence-corrected chi connectivity index (χ4v) is 5.46. The molecule has 1 aromatic rings. The van der Waals surface area contributed by atoms with E-state index in [4.69, 9.17) is 18.9 Å². The first kappa shape index (κ1) is 20.9. The van der Waals surface area contributed by atoms with Crippen LogP contribution in [-0.4, -0.2) is 74.0 Å². The van der Waals surface area contributed by atoms with Crippen molar-refractivity contribution in [3.63, 3.8) is 0 Å². The van der Waals surface area contributed by atoms with E-state index in [0.717, 1.165) is 52.6 Å². The summed E-state index contributed by atoms with van der Waals surface area (Å²) in [5, 5.41) is 0. The number of piperidine rings is 2. The van der Waals surface area contributed by atoms with Crippen molar-refractivity contribution in [3.05, 3.63) is 35.4 Å². The second-order valence-corrected chi connectivity index (χ2v) is 9.10. The first-order valence-corrected chi connectivity index (χ1v) is 11.9. The highest BCUT2D eigenvalue weighted by molar-refractivity contribution is 5.23. The molecular weight excluding hydrogens is 380 g/mol. The maximum absolute atomic E-state index is 5.83.